The highest BCUT2D eigenvalue weighted by Crippen LogP contribution is 2.60. The number of hydrogen-bond acceptors (Lipinski definition) is 7. The van der Waals surface area contributed by atoms with E-state index in [4.69, 9.17) is 9.47 Å². The highest BCUT2D eigenvalue weighted by Gasteiger charge is 2.66. The molecular weight excluding hydrogens is 639 g/mol. The molecule has 3 aromatic rings. The molecule has 0 saturated carbocycles. The molecule has 3 aromatic carbocycles. The predicted octanol–water partition coefficient (Wildman–Crippen LogP) is 4.97. The molecule has 260 valence electrons. The Balaban J connectivity index is 1.32. The number of aliphatic hydroxyl groups is 1. The molecule has 2 N–H and O–H groups in total. The van der Waals surface area contributed by atoms with Crippen molar-refractivity contribution in [3.63, 3.8) is 0 Å². The summed E-state index contributed by atoms with van der Waals surface area (Å²) in [5.74, 6) is -0.201. The summed E-state index contributed by atoms with van der Waals surface area (Å²) < 4.78 is 12.5. The van der Waals surface area contributed by atoms with E-state index in [-0.39, 0.29) is 43.8 Å². The number of methoxy groups -OCH3 is 1. The van der Waals surface area contributed by atoms with E-state index in [1.54, 1.807) is 16.9 Å². The number of ether oxygens (including phenoxy) is 2. The van der Waals surface area contributed by atoms with Gasteiger partial charge in [0.2, 0.25) is 11.8 Å². The van der Waals surface area contributed by atoms with Crippen LogP contribution in [0.3, 0.4) is 0 Å². The van der Waals surface area contributed by atoms with E-state index in [9.17, 15) is 24.3 Å². The molecule has 1 spiro atoms. The monoisotopic (exact) mass is 685 g/mol. The van der Waals surface area contributed by atoms with Gasteiger partial charge in [-0.05, 0) is 67.4 Å². The number of hydrogen-bond donors (Lipinski definition) is 2. The fraction of sp³-hybridized carbons (Fsp3) is 0.447. The van der Waals surface area contributed by atoms with E-state index < -0.39 is 31.5 Å². The largest absolute Gasteiger partial charge is 0.497 e. The summed E-state index contributed by atoms with van der Waals surface area (Å²) in [4.78, 5) is 58.1. The SMILES string of the molecule is COc1ccc2c(c1)[C@]1(O[C@@H](CC(=O)N(CCO)Cc3ccccc3)[C@H]([Si](C)(C)O)[C@H]1C)C(=O)N2Cc1ccc(N2CCCCC2=O)cc1. The molecule has 11 heteroatoms. The molecule has 0 aromatic heterocycles. The minimum Gasteiger partial charge on any atom is -0.497 e. The molecule has 4 atom stereocenters. The van der Waals surface area contributed by atoms with Gasteiger partial charge in [0.05, 0.1) is 38.5 Å². The molecule has 0 bridgehead atoms. The molecule has 0 aliphatic carbocycles. The number of nitrogens with zero attached hydrogens (tertiary/aromatic N) is 3. The van der Waals surface area contributed by atoms with Gasteiger partial charge in [0.1, 0.15) is 5.75 Å². The summed E-state index contributed by atoms with van der Waals surface area (Å²) in [6, 6.07) is 22.9. The molecule has 3 aliphatic heterocycles. The van der Waals surface area contributed by atoms with Gasteiger partial charge in [-0.25, -0.2) is 0 Å². The van der Waals surface area contributed by atoms with Crippen molar-refractivity contribution in [2.75, 3.05) is 36.6 Å². The summed E-state index contributed by atoms with van der Waals surface area (Å²) >= 11 is 0. The topological polar surface area (TPSA) is 120 Å². The number of aliphatic hydroxyl groups excluding tert-OH is 1. The number of amides is 3. The lowest BCUT2D eigenvalue weighted by atomic mass is 9.82. The van der Waals surface area contributed by atoms with Crippen LogP contribution in [0.25, 0.3) is 0 Å². The van der Waals surface area contributed by atoms with Crippen molar-refractivity contribution in [2.24, 2.45) is 5.92 Å². The van der Waals surface area contributed by atoms with Gasteiger partial charge in [0, 0.05) is 48.8 Å². The smallest absolute Gasteiger partial charge is 0.264 e. The van der Waals surface area contributed by atoms with Gasteiger partial charge in [-0.3, -0.25) is 14.4 Å². The minimum absolute atomic E-state index is 0.0379. The zero-order valence-corrected chi connectivity index (χ0v) is 29.8. The van der Waals surface area contributed by atoms with Crippen LogP contribution in [0.5, 0.6) is 5.75 Å². The Morgan fingerprint density at radius 3 is 2.43 bits per heavy atom. The first kappa shape index (κ1) is 34.8. The van der Waals surface area contributed by atoms with Gasteiger partial charge < -0.3 is 34.1 Å². The van der Waals surface area contributed by atoms with Crippen LogP contribution in [0.2, 0.25) is 18.6 Å². The van der Waals surface area contributed by atoms with Crippen molar-refractivity contribution in [3.8, 4) is 5.75 Å². The van der Waals surface area contributed by atoms with Crippen LogP contribution in [0.1, 0.15) is 49.3 Å². The van der Waals surface area contributed by atoms with Crippen molar-refractivity contribution in [1.29, 1.82) is 0 Å². The van der Waals surface area contributed by atoms with Crippen LogP contribution < -0.4 is 14.5 Å². The number of rotatable bonds is 11. The average molecular weight is 686 g/mol. The number of benzene rings is 3. The maximum atomic E-state index is 14.9. The van der Waals surface area contributed by atoms with E-state index >= 15 is 0 Å². The van der Waals surface area contributed by atoms with E-state index in [2.05, 4.69) is 0 Å². The summed E-state index contributed by atoms with van der Waals surface area (Å²) in [6.07, 6.45) is 1.68. The van der Waals surface area contributed by atoms with Gasteiger partial charge in [-0.15, -0.1) is 0 Å². The first-order chi connectivity index (χ1) is 23.5. The number of piperidine rings is 1. The number of carbonyl (C=O) groups excluding carboxylic acids is 3. The quantitative estimate of drug-likeness (QED) is 0.274. The fourth-order valence-corrected chi connectivity index (χ4v) is 10.7. The first-order valence-corrected chi connectivity index (χ1v) is 20.2. The normalized spacial score (nSPS) is 23.7. The second kappa shape index (κ2) is 14.1. The van der Waals surface area contributed by atoms with Crippen LogP contribution in [0.4, 0.5) is 11.4 Å². The van der Waals surface area contributed by atoms with Gasteiger partial charge in [-0.1, -0.05) is 49.4 Å². The zero-order chi connectivity index (χ0) is 34.9. The Morgan fingerprint density at radius 1 is 1.04 bits per heavy atom. The Bertz CT molecular complexity index is 1680. The van der Waals surface area contributed by atoms with Gasteiger partial charge in [0.25, 0.3) is 5.91 Å². The molecule has 49 heavy (non-hydrogen) atoms. The average Bonchev–Trinajstić information content (AvgIpc) is 3.51. The molecule has 3 heterocycles. The molecule has 0 radical (unpaired) electrons. The maximum absolute atomic E-state index is 14.9. The maximum Gasteiger partial charge on any atom is 0.264 e. The second-order valence-corrected chi connectivity index (χ2v) is 18.0. The van der Waals surface area contributed by atoms with Crippen molar-refractivity contribution in [3.05, 3.63) is 89.5 Å². The Morgan fingerprint density at radius 2 is 1.78 bits per heavy atom. The molecule has 3 aliphatic rings. The summed E-state index contributed by atoms with van der Waals surface area (Å²) in [5, 5.41) is 9.81. The number of fused-ring (bicyclic) bond motifs is 2. The van der Waals surface area contributed by atoms with Crippen molar-refractivity contribution in [1.82, 2.24) is 4.90 Å². The lowest BCUT2D eigenvalue weighted by Crippen LogP contribution is -2.46. The lowest BCUT2D eigenvalue weighted by Gasteiger charge is -2.32. The fourth-order valence-electron chi connectivity index (χ4n) is 8.10. The summed E-state index contributed by atoms with van der Waals surface area (Å²) in [5.41, 5.74) is 2.17. The second-order valence-electron chi connectivity index (χ2n) is 14.0. The molecule has 2 fully saturated rings. The van der Waals surface area contributed by atoms with E-state index in [1.807, 2.05) is 97.7 Å². The van der Waals surface area contributed by atoms with Crippen LogP contribution in [-0.4, -0.2) is 73.8 Å². The van der Waals surface area contributed by atoms with Crippen LogP contribution >= 0.6 is 0 Å². The van der Waals surface area contributed by atoms with Crippen LogP contribution in [0.15, 0.2) is 72.8 Å². The third-order valence-electron chi connectivity index (χ3n) is 10.4. The molecule has 2 saturated heterocycles. The lowest BCUT2D eigenvalue weighted by molar-refractivity contribution is -0.150. The minimum atomic E-state index is -3.01. The highest BCUT2D eigenvalue weighted by atomic mass is 28.4. The first-order valence-electron chi connectivity index (χ1n) is 17.2. The van der Waals surface area contributed by atoms with Crippen molar-refractivity contribution < 1.29 is 33.8 Å². The Labute approximate surface area is 289 Å². The third kappa shape index (κ3) is 6.64. The van der Waals surface area contributed by atoms with Crippen molar-refractivity contribution >= 4 is 37.4 Å². The van der Waals surface area contributed by atoms with Gasteiger partial charge in [0.15, 0.2) is 13.9 Å². The zero-order valence-electron chi connectivity index (χ0n) is 28.8. The van der Waals surface area contributed by atoms with Gasteiger partial charge in [-0.2, -0.15) is 0 Å². The molecule has 0 unspecified atom stereocenters. The summed E-state index contributed by atoms with van der Waals surface area (Å²) in [6.45, 7) is 6.89. The standard InChI is InChI=1S/C38H47N3O7Si/c1-26-36(49(3,4)46)33(23-35(44)39(20-21-42)24-27-10-6-5-7-11-27)48-38(26)31-22-30(47-2)17-18-32(31)41(37(38)45)25-28-13-15-29(16-14-28)40-19-9-8-12-34(40)43/h5-7,10-11,13-18,22,26,33,36,42,46H,8-9,12,19-21,23-25H2,1-4H3/t26-,33+,36-,38+/m1/s1. The molecular formula is C38H47N3O7Si. The number of anilines is 2. The summed E-state index contributed by atoms with van der Waals surface area (Å²) in [7, 11) is -1.44. The van der Waals surface area contributed by atoms with E-state index in [0.717, 1.165) is 29.7 Å². The number of carbonyl (C=O) groups is 3. The Hall–Kier alpha value is -4.03. The molecule has 3 amide bonds. The van der Waals surface area contributed by atoms with Crippen LogP contribution in [-0.2, 0) is 37.8 Å². The molecule has 10 nitrogen and oxygen atoms in total. The van der Waals surface area contributed by atoms with Crippen molar-refractivity contribution in [2.45, 2.75) is 76.0 Å². The Kier molecular flexibility index (Phi) is 9.99. The van der Waals surface area contributed by atoms with E-state index in [1.165, 1.54) is 0 Å². The third-order valence-corrected chi connectivity index (χ3v) is 12.9. The highest BCUT2D eigenvalue weighted by molar-refractivity contribution is 6.71. The van der Waals surface area contributed by atoms with Gasteiger partial charge >= 0.3 is 0 Å². The van der Waals surface area contributed by atoms with E-state index in [0.29, 0.717) is 36.5 Å². The van der Waals surface area contributed by atoms with Crippen LogP contribution in [0, 0.1) is 5.92 Å². The predicted molar refractivity (Wildman–Crippen MR) is 190 cm³/mol. The molecule has 6 rings (SSSR count).